The fourth-order valence-electron chi connectivity index (χ4n) is 2.64. The zero-order valence-electron chi connectivity index (χ0n) is 9.19. The fourth-order valence-corrected chi connectivity index (χ4v) is 2.64. The van der Waals surface area contributed by atoms with Crippen LogP contribution in [-0.2, 0) is 0 Å². The maximum atomic E-state index is 10.3. The fraction of sp³-hybridized carbons (Fsp3) is 0.538. The molecule has 86 valence electrons. The lowest BCUT2D eigenvalue weighted by atomic mass is 9.94. The first-order valence-electron chi connectivity index (χ1n) is 5.92. The molecule has 1 heterocycles. The van der Waals surface area contributed by atoms with Crippen molar-refractivity contribution in [3.63, 3.8) is 0 Å². The number of fused-ring (bicyclic) bond motifs is 1. The van der Waals surface area contributed by atoms with Gasteiger partial charge in [0.2, 0.25) is 6.79 Å². The molecular weight excluding hydrogens is 204 g/mol. The van der Waals surface area contributed by atoms with Crippen LogP contribution in [-0.4, -0.2) is 11.9 Å². The molecule has 1 aliphatic carbocycles. The first-order valence-corrected chi connectivity index (χ1v) is 5.92. The lowest BCUT2D eigenvalue weighted by Gasteiger charge is -2.18. The van der Waals surface area contributed by atoms with E-state index in [1.54, 1.807) is 0 Å². The maximum absolute atomic E-state index is 10.3. The van der Waals surface area contributed by atoms with Gasteiger partial charge in [-0.2, -0.15) is 0 Å². The highest BCUT2D eigenvalue weighted by Gasteiger charge is 2.25. The molecule has 0 spiro atoms. The summed E-state index contributed by atoms with van der Waals surface area (Å²) in [6, 6.07) is 5.73. The van der Waals surface area contributed by atoms with Crippen LogP contribution in [0.2, 0.25) is 0 Å². The highest BCUT2D eigenvalue weighted by atomic mass is 16.7. The third-order valence-corrected chi connectivity index (χ3v) is 3.58. The van der Waals surface area contributed by atoms with Gasteiger partial charge < -0.3 is 14.6 Å². The smallest absolute Gasteiger partial charge is 0.231 e. The van der Waals surface area contributed by atoms with Gasteiger partial charge in [-0.3, -0.25) is 0 Å². The van der Waals surface area contributed by atoms with E-state index in [0.29, 0.717) is 5.92 Å². The van der Waals surface area contributed by atoms with E-state index >= 15 is 0 Å². The number of hydrogen-bond donors (Lipinski definition) is 1. The van der Waals surface area contributed by atoms with E-state index < -0.39 is 0 Å². The first kappa shape index (κ1) is 9.97. The van der Waals surface area contributed by atoms with Gasteiger partial charge in [0.1, 0.15) is 0 Å². The molecule has 1 saturated carbocycles. The largest absolute Gasteiger partial charge is 0.454 e. The van der Waals surface area contributed by atoms with E-state index in [1.807, 2.05) is 18.2 Å². The highest BCUT2D eigenvalue weighted by Crippen LogP contribution is 2.39. The second-order valence-corrected chi connectivity index (χ2v) is 4.60. The summed E-state index contributed by atoms with van der Waals surface area (Å²) in [7, 11) is 0. The van der Waals surface area contributed by atoms with Crippen LogP contribution < -0.4 is 9.47 Å². The minimum absolute atomic E-state index is 0.290. The monoisotopic (exact) mass is 220 g/mol. The topological polar surface area (TPSA) is 38.7 Å². The Labute approximate surface area is 95.0 Å². The molecule has 1 atom stereocenters. The third kappa shape index (κ3) is 1.65. The van der Waals surface area contributed by atoms with Crippen molar-refractivity contribution in [1.29, 1.82) is 0 Å². The van der Waals surface area contributed by atoms with Crippen LogP contribution in [0.3, 0.4) is 0 Å². The first-order chi connectivity index (χ1) is 7.84. The van der Waals surface area contributed by atoms with E-state index in [1.165, 1.54) is 12.8 Å². The Bertz CT molecular complexity index is 383. The molecule has 3 rings (SSSR count). The van der Waals surface area contributed by atoms with Gasteiger partial charge in [-0.15, -0.1) is 0 Å². The summed E-state index contributed by atoms with van der Waals surface area (Å²) < 4.78 is 10.6. The number of ether oxygens (including phenoxy) is 2. The van der Waals surface area contributed by atoms with Crippen LogP contribution in [0.5, 0.6) is 11.5 Å². The average Bonchev–Trinajstić information content (AvgIpc) is 2.98. The van der Waals surface area contributed by atoms with Crippen molar-refractivity contribution in [2.24, 2.45) is 5.92 Å². The van der Waals surface area contributed by atoms with Crippen molar-refractivity contribution >= 4 is 0 Å². The van der Waals surface area contributed by atoms with E-state index in [-0.39, 0.29) is 12.9 Å². The summed E-state index contributed by atoms with van der Waals surface area (Å²) in [6.45, 7) is 0.290. The molecule has 2 aliphatic rings. The molecule has 1 aliphatic heterocycles. The predicted octanol–water partition coefficient (Wildman–Crippen LogP) is 2.64. The van der Waals surface area contributed by atoms with Gasteiger partial charge in [0.15, 0.2) is 11.5 Å². The molecule has 1 fully saturated rings. The average molecular weight is 220 g/mol. The highest BCUT2D eigenvalue weighted by molar-refractivity contribution is 5.45. The van der Waals surface area contributed by atoms with Crippen LogP contribution >= 0.6 is 0 Å². The molecule has 0 saturated heterocycles. The minimum Gasteiger partial charge on any atom is -0.454 e. The van der Waals surface area contributed by atoms with Crippen molar-refractivity contribution in [3.8, 4) is 11.5 Å². The van der Waals surface area contributed by atoms with Crippen molar-refractivity contribution in [2.45, 2.75) is 31.8 Å². The molecule has 3 nitrogen and oxygen atoms in total. The molecule has 1 N–H and O–H groups in total. The molecule has 1 unspecified atom stereocenters. The molecular formula is C13H16O3. The van der Waals surface area contributed by atoms with Crippen molar-refractivity contribution < 1.29 is 14.6 Å². The lowest BCUT2D eigenvalue weighted by Crippen LogP contribution is -2.08. The number of hydrogen-bond acceptors (Lipinski definition) is 3. The van der Waals surface area contributed by atoms with Gasteiger partial charge in [-0.25, -0.2) is 0 Å². The van der Waals surface area contributed by atoms with Crippen LogP contribution in [0, 0.1) is 5.92 Å². The summed E-state index contributed by atoms with van der Waals surface area (Å²) in [4.78, 5) is 0. The zero-order valence-corrected chi connectivity index (χ0v) is 9.19. The van der Waals surface area contributed by atoms with Gasteiger partial charge in [0.05, 0.1) is 6.10 Å². The predicted molar refractivity (Wildman–Crippen MR) is 59.5 cm³/mol. The summed E-state index contributed by atoms with van der Waals surface area (Å²) in [5.74, 6) is 1.96. The number of aliphatic hydroxyl groups is 1. The van der Waals surface area contributed by atoms with Gasteiger partial charge in [0, 0.05) is 0 Å². The van der Waals surface area contributed by atoms with Crippen LogP contribution in [0.4, 0.5) is 0 Å². The maximum Gasteiger partial charge on any atom is 0.231 e. The zero-order chi connectivity index (χ0) is 11.0. The summed E-state index contributed by atoms with van der Waals surface area (Å²) in [5, 5.41) is 10.3. The summed E-state index contributed by atoms with van der Waals surface area (Å²) >= 11 is 0. The van der Waals surface area contributed by atoms with Crippen LogP contribution in [0.1, 0.15) is 37.4 Å². The second kappa shape index (κ2) is 3.98. The number of rotatable bonds is 2. The SMILES string of the molecule is OC(c1ccc2c(c1)OCO2)C1CCCC1. The Balaban J connectivity index is 1.83. The molecule has 0 radical (unpaired) electrons. The minimum atomic E-state index is -0.350. The Morgan fingerprint density at radius 2 is 1.88 bits per heavy atom. The van der Waals surface area contributed by atoms with Gasteiger partial charge in [-0.1, -0.05) is 18.9 Å². The molecule has 0 bridgehead atoms. The molecule has 0 aromatic heterocycles. The van der Waals surface area contributed by atoms with Gasteiger partial charge in [-0.05, 0) is 36.5 Å². The van der Waals surface area contributed by atoms with Gasteiger partial charge in [0.25, 0.3) is 0 Å². The molecule has 16 heavy (non-hydrogen) atoms. The lowest BCUT2D eigenvalue weighted by molar-refractivity contribution is 0.111. The quantitative estimate of drug-likeness (QED) is 0.832. The van der Waals surface area contributed by atoms with E-state index in [0.717, 1.165) is 29.9 Å². The molecule has 3 heteroatoms. The number of benzene rings is 1. The molecule has 1 aromatic carbocycles. The van der Waals surface area contributed by atoms with Crippen LogP contribution in [0.15, 0.2) is 18.2 Å². The van der Waals surface area contributed by atoms with Crippen molar-refractivity contribution in [2.75, 3.05) is 6.79 Å². The summed E-state index contributed by atoms with van der Waals surface area (Å²) in [5.41, 5.74) is 0.955. The third-order valence-electron chi connectivity index (χ3n) is 3.58. The Kier molecular flexibility index (Phi) is 2.48. The van der Waals surface area contributed by atoms with E-state index in [9.17, 15) is 5.11 Å². The van der Waals surface area contributed by atoms with E-state index in [4.69, 9.17) is 9.47 Å². The Hall–Kier alpha value is -1.22. The Morgan fingerprint density at radius 3 is 2.69 bits per heavy atom. The van der Waals surface area contributed by atoms with E-state index in [2.05, 4.69) is 0 Å². The summed E-state index contributed by atoms with van der Waals surface area (Å²) in [6.07, 6.45) is 4.40. The Morgan fingerprint density at radius 1 is 1.12 bits per heavy atom. The van der Waals surface area contributed by atoms with Crippen molar-refractivity contribution in [3.05, 3.63) is 23.8 Å². The number of aliphatic hydroxyl groups excluding tert-OH is 1. The van der Waals surface area contributed by atoms with Crippen LogP contribution in [0.25, 0.3) is 0 Å². The molecule has 1 aromatic rings. The normalized spacial score (nSPS) is 21.3. The van der Waals surface area contributed by atoms with Crippen molar-refractivity contribution in [1.82, 2.24) is 0 Å². The van der Waals surface area contributed by atoms with Gasteiger partial charge >= 0.3 is 0 Å². The second-order valence-electron chi connectivity index (χ2n) is 4.60. The molecule has 0 amide bonds. The standard InChI is InChI=1S/C13H16O3/c14-13(9-3-1-2-4-9)10-5-6-11-12(7-10)16-8-15-11/h5-7,9,13-14H,1-4,8H2.